The first-order chi connectivity index (χ1) is 8.99. The molecule has 0 radical (unpaired) electrons. The number of rotatable bonds is 5. The number of aromatic nitrogens is 1. The second-order valence-corrected chi connectivity index (χ2v) is 6.49. The van der Waals surface area contributed by atoms with E-state index in [4.69, 9.17) is 4.42 Å². The maximum atomic E-state index is 5.87. The molecule has 0 aliphatic carbocycles. The van der Waals surface area contributed by atoms with Crippen LogP contribution in [0.25, 0.3) is 0 Å². The van der Waals surface area contributed by atoms with Crippen LogP contribution >= 0.6 is 0 Å². The Morgan fingerprint density at radius 3 is 2.79 bits per heavy atom. The van der Waals surface area contributed by atoms with Crippen molar-refractivity contribution in [1.29, 1.82) is 0 Å². The van der Waals surface area contributed by atoms with Gasteiger partial charge >= 0.3 is 0 Å². The fourth-order valence-corrected chi connectivity index (χ4v) is 2.45. The van der Waals surface area contributed by atoms with Gasteiger partial charge in [-0.2, -0.15) is 0 Å². The standard InChI is InChI=1S/C15H27N3O/c1-5-18(10-12-7-6-8-16-12)11-14-17-9-13(19-14)15(2,3)4/h9,12,16H,5-8,10-11H2,1-4H3. The van der Waals surface area contributed by atoms with E-state index in [-0.39, 0.29) is 5.41 Å². The second kappa shape index (κ2) is 6.06. The van der Waals surface area contributed by atoms with Gasteiger partial charge in [-0.1, -0.05) is 27.7 Å². The molecular formula is C15H27N3O. The molecule has 19 heavy (non-hydrogen) atoms. The third kappa shape index (κ3) is 4.05. The lowest BCUT2D eigenvalue weighted by atomic mass is 9.94. The van der Waals surface area contributed by atoms with Gasteiger partial charge in [-0.3, -0.25) is 4.90 Å². The molecule has 1 aliphatic rings. The van der Waals surface area contributed by atoms with E-state index in [1.54, 1.807) is 0 Å². The molecule has 0 aromatic carbocycles. The number of hydrogen-bond donors (Lipinski definition) is 1. The summed E-state index contributed by atoms with van der Waals surface area (Å²) >= 11 is 0. The van der Waals surface area contributed by atoms with Crippen LogP contribution in [-0.4, -0.2) is 35.6 Å². The van der Waals surface area contributed by atoms with Crippen LogP contribution in [0.2, 0.25) is 0 Å². The highest BCUT2D eigenvalue weighted by molar-refractivity contribution is 5.06. The molecule has 1 atom stereocenters. The summed E-state index contributed by atoms with van der Waals surface area (Å²) in [6.07, 6.45) is 4.46. The number of nitrogens with zero attached hydrogens (tertiary/aromatic N) is 2. The van der Waals surface area contributed by atoms with Crippen LogP contribution in [0.15, 0.2) is 10.6 Å². The zero-order chi connectivity index (χ0) is 13.9. The average molecular weight is 265 g/mol. The molecule has 1 saturated heterocycles. The monoisotopic (exact) mass is 265 g/mol. The molecule has 0 saturated carbocycles. The summed E-state index contributed by atoms with van der Waals surface area (Å²) in [6.45, 7) is 12.7. The van der Waals surface area contributed by atoms with Crippen LogP contribution in [-0.2, 0) is 12.0 Å². The lowest BCUT2D eigenvalue weighted by Crippen LogP contribution is -2.37. The molecule has 2 heterocycles. The number of hydrogen-bond acceptors (Lipinski definition) is 4. The van der Waals surface area contributed by atoms with E-state index < -0.39 is 0 Å². The third-order valence-corrected chi connectivity index (χ3v) is 3.74. The van der Waals surface area contributed by atoms with Gasteiger partial charge in [0, 0.05) is 18.0 Å². The van der Waals surface area contributed by atoms with Gasteiger partial charge < -0.3 is 9.73 Å². The van der Waals surface area contributed by atoms with Gasteiger partial charge in [-0.25, -0.2) is 4.98 Å². The number of nitrogens with one attached hydrogen (secondary N) is 1. The summed E-state index contributed by atoms with van der Waals surface area (Å²) in [5.41, 5.74) is 0.0370. The molecule has 0 spiro atoms. The highest BCUT2D eigenvalue weighted by Gasteiger charge is 2.21. The van der Waals surface area contributed by atoms with Crippen molar-refractivity contribution in [2.75, 3.05) is 19.6 Å². The first kappa shape index (κ1) is 14.5. The van der Waals surface area contributed by atoms with Gasteiger partial charge in [-0.15, -0.1) is 0 Å². The van der Waals surface area contributed by atoms with Crippen molar-refractivity contribution in [3.8, 4) is 0 Å². The van der Waals surface area contributed by atoms with Gasteiger partial charge in [0.2, 0.25) is 5.89 Å². The lowest BCUT2D eigenvalue weighted by Gasteiger charge is -2.22. The Balaban J connectivity index is 1.92. The largest absolute Gasteiger partial charge is 0.444 e. The molecule has 1 unspecified atom stereocenters. The summed E-state index contributed by atoms with van der Waals surface area (Å²) < 4.78 is 5.87. The van der Waals surface area contributed by atoms with E-state index in [1.165, 1.54) is 12.8 Å². The third-order valence-electron chi connectivity index (χ3n) is 3.74. The fourth-order valence-electron chi connectivity index (χ4n) is 2.45. The molecule has 1 aromatic heterocycles. The van der Waals surface area contributed by atoms with E-state index in [2.05, 4.69) is 42.9 Å². The summed E-state index contributed by atoms with van der Waals surface area (Å²) in [5, 5.41) is 3.54. The number of likely N-dealkylation sites (N-methyl/N-ethyl adjacent to an activating group) is 1. The van der Waals surface area contributed by atoms with Gasteiger partial charge in [0.15, 0.2) is 0 Å². The zero-order valence-corrected chi connectivity index (χ0v) is 12.7. The quantitative estimate of drug-likeness (QED) is 0.888. The maximum absolute atomic E-state index is 5.87. The minimum atomic E-state index is 0.0370. The van der Waals surface area contributed by atoms with Gasteiger partial charge in [0.1, 0.15) is 5.76 Å². The van der Waals surface area contributed by atoms with Crippen LogP contribution in [0.3, 0.4) is 0 Å². The van der Waals surface area contributed by atoms with Gasteiger partial charge in [0.05, 0.1) is 12.7 Å². The maximum Gasteiger partial charge on any atom is 0.208 e. The van der Waals surface area contributed by atoms with Crippen LogP contribution in [0, 0.1) is 0 Å². The fraction of sp³-hybridized carbons (Fsp3) is 0.800. The zero-order valence-electron chi connectivity index (χ0n) is 12.7. The Kier molecular flexibility index (Phi) is 4.63. The van der Waals surface area contributed by atoms with Crippen LogP contribution in [0.1, 0.15) is 52.2 Å². The molecule has 0 amide bonds. The summed E-state index contributed by atoms with van der Waals surface area (Å²) in [7, 11) is 0. The first-order valence-corrected chi connectivity index (χ1v) is 7.40. The molecule has 4 heteroatoms. The van der Waals surface area contributed by atoms with Gasteiger partial charge in [0.25, 0.3) is 0 Å². The summed E-state index contributed by atoms with van der Waals surface area (Å²) in [6, 6.07) is 0.636. The predicted molar refractivity (Wildman–Crippen MR) is 77.2 cm³/mol. The van der Waals surface area contributed by atoms with Crippen molar-refractivity contribution in [3.63, 3.8) is 0 Å². The Labute approximate surface area is 116 Å². The smallest absolute Gasteiger partial charge is 0.208 e. The minimum absolute atomic E-state index is 0.0370. The summed E-state index contributed by atoms with van der Waals surface area (Å²) in [4.78, 5) is 6.82. The van der Waals surface area contributed by atoms with Crippen LogP contribution < -0.4 is 5.32 Å². The molecule has 1 N–H and O–H groups in total. The van der Waals surface area contributed by atoms with E-state index >= 15 is 0 Å². The highest BCUT2D eigenvalue weighted by atomic mass is 16.4. The molecule has 4 nitrogen and oxygen atoms in total. The Morgan fingerprint density at radius 2 is 2.26 bits per heavy atom. The SMILES string of the molecule is CCN(Cc1ncc(C(C)(C)C)o1)CC1CCCN1. The molecule has 108 valence electrons. The Bertz CT molecular complexity index is 388. The minimum Gasteiger partial charge on any atom is -0.444 e. The normalized spacial score (nSPS) is 20.4. The van der Waals surface area contributed by atoms with E-state index in [9.17, 15) is 0 Å². The lowest BCUT2D eigenvalue weighted by molar-refractivity contribution is 0.224. The van der Waals surface area contributed by atoms with Crippen molar-refractivity contribution < 1.29 is 4.42 Å². The molecular weight excluding hydrogens is 238 g/mol. The van der Waals surface area contributed by atoms with Crippen molar-refractivity contribution in [1.82, 2.24) is 15.2 Å². The van der Waals surface area contributed by atoms with Gasteiger partial charge in [-0.05, 0) is 25.9 Å². The molecule has 2 rings (SSSR count). The second-order valence-electron chi connectivity index (χ2n) is 6.49. The van der Waals surface area contributed by atoms with E-state index in [1.807, 2.05) is 6.20 Å². The van der Waals surface area contributed by atoms with Crippen LogP contribution in [0.4, 0.5) is 0 Å². The van der Waals surface area contributed by atoms with Crippen molar-refractivity contribution in [2.24, 2.45) is 0 Å². The highest BCUT2D eigenvalue weighted by Crippen LogP contribution is 2.23. The topological polar surface area (TPSA) is 41.3 Å². The first-order valence-electron chi connectivity index (χ1n) is 7.40. The predicted octanol–water partition coefficient (Wildman–Crippen LogP) is 2.55. The summed E-state index contributed by atoms with van der Waals surface area (Å²) in [5.74, 6) is 1.81. The average Bonchev–Trinajstić information content (AvgIpc) is 2.98. The van der Waals surface area contributed by atoms with Crippen molar-refractivity contribution >= 4 is 0 Å². The van der Waals surface area contributed by atoms with E-state index in [0.717, 1.165) is 37.8 Å². The molecule has 1 aliphatic heterocycles. The van der Waals surface area contributed by atoms with E-state index in [0.29, 0.717) is 6.04 Å². The molecule has 0 bridgehead atoms. The Hall–Kier alpha value is -0.870. The Morgan fingerprint density at radius 1 is 1.47 bits per heavy atom. The van der Waals surface area contributed by atoms with Crippen LogP contribution in [0.5, 0.6) is 0 Å². The number of oxazole rings is 1. The van der Waals surface area contributed by atoms with Crippen molar-refractivity contribution in [2.45, 2.75) is 58.5 Å². The van der Waals surface area contributed by atoms with Crippen molar-refractivity contribution in [3.05, 3.63) is 17.8 Å². The molecule has 1 fully saturated rings. The molecule has 1 aromatic rings.